The molecule has 1 amide bonds. The van der Waals surface area contributed by atoms with Crippen molar-refractivity contribution in [3.05, 3.63) is 54.1 Å². The summed E-state index contributed by atoms with van der Waals surface area (Å²) in [5.41, 5.74) is -6.28. The maximum Gasteiger partial charge on any atom is 0.534 e. The summed E-state index contributed by atoms with van der Waals surface area (Å²) in [6, 6.07) is 6.65. The van der Waals surface area contributed by atoms with Crippen LogP contribution in [-0.4, -0.2) is 46.1 Å². The van der Waals surface area contributed by atoms with E-state index in [0.29, 0.717) is 6.26 Å². The number of carbonyl (C=O) groups excluding carboxylic acids is 1. The van der Waals surface area contributed by atoms with Crippen LogP contribution >= 0.6 is 0 Å². The van der Waals surface area contributed by atoms with Crippen molar-refractivity contribution in [2.24, 2.45) is 0 Å². The lowest BCUT2D eigenvalue weighted by Gasteiger charge is -2.14. The predicted molar refractivity (Wildman–Crippen MR) is 111 cm³/mol. The lowest BCUT2D eigenvalue weighted by molar-refractivity contribution is -0.0499. The number of amides is 1. The maximum absolute atomic E-state index is 13.3. The molecule has 0 atom stereocenters. The van der Waals surface area contributed by atoms with Gasteiger partial charge in [-0.3, -0.25) is 9.52 Å². The zero-order chi connectivity index (χ0) is 24.8. The van der Waals surface area contributed by atoms with Gasteiger partial charge < -0.3 is 14.1 Å². The van der Waals surface area contributed by atoms with Gasteiger partial charge in [-0.15, -0.1) is 0 Å². The number of aromatic nitrogens is 1. The Bertz CT molecular complexity index is 1450. The minimum Gasteiger partial charge on any atom is -0.374 e. The number of benzene rings is 2. The minimum absolute atomic E-state index is 0.0647. The summed E-state index contributed by atoms with van der Waals surface area (Å²) in [6.45, 7) is 0. The van der Waals surface area contributed by atoms with Gasteiger partial charge in [-0.05, 0) is 36.4 Å². The summed E-state index contributed by atoms with van der Waals surface area (Å²) in [7, 11) is -8.97. The van der Waals surface area contributed by atoms with Crippen molar-refractivity contribution in [1.29, 1.82) is 0 Å². The summed E-state index contributed by atoms with van der Waals surface area (Å²) in [6.07, 6.45) is 2.03. The predicted octanol–water partition coefficient (Wildman–Crippen LogP) is 2.73. The highest BCUT2D eigenvalue weighted by molar-refractivity contribution is 7.92. The number of nitrogens with zero attached hydrogens (tertiary/aromatic N) is 1. The lowest BCUT2D eigenvalue weighted by Crippen LogP contribution is -2.28. The molecule has 0 saturated carbocycles. The fourth-order valence-corrected chi connectivity index (χ4v) is 3.94. The number of fused-ring (bicyclic) bond motifs is 1. The molecule has 3 aromatic rings. The average molecular weight is 509 g/mol. The van der Waals surface area contributed by atoms with Gasteiger partial charge in [-0.25, -0.2) is 12.8 Å². The van der Waals surface area contributed by atoms with Crippen LogP contribution in [0.2, 0.25) is 0 Å². The summed E-state index contributed by atoms with van der Waals surface area (Å²) < 4.78 is 106. The number of hydrogen-bond acceptors (Lipinski definition) is 6. The zero-order valence-corrected chi connectivity index (χ0v) is 18.4. The monoisotopic (exact) mass is 509 g/mol. The van der Waals surface area contributed by atoms with E-state index in [1.165, 1.54) is 29.9 Å². The second kappa shape index (κ2) is 8.22. The van der Waals surface area contributed by atoms with Crippen LogP contribution in [0.3, 0.4) is 0 Å². The Labute approximate surface area is 185 Å². The molecule has 0 aliphatic heterocycles. The van der Waals surface area contributed by atoms with Gasteiger partial charge in [0.2, 0.25) is 10.0 Å². The fraction of sp³-hybridized carbons (Fsp3) is 0.167. The number of alkyl halides is 3. The molecule has 15 heteroatoms. The second-order valence-corrected chi connectivity index (χ2v) is 9.98. The van der Waals surface area contributed by atoms with Gasteiger partial charge in [-0.1, -0.05) is 0 Å². The van der Waals surface area contributed by atoms with E-state index in [1.807, 2.05) is 4.72 Å². The van der Waals surface area contributed by atoms with Gasteiger partial charge in [-0.2, -0.15) is 21.6 Å². The molecule has 0 bridgehead atoms. The standard InChI is InChI=1S/C18H15F4N3O6S2/c1-23-17(26)16-13-8-15(31-33(29,30)18(20,21)22)14(24-32(2,27)28)7-10(13)9-25(16)12-5-3-11(19)4-6-12/h3-9,24H,1-2H3,(H,23,26). The highest BCUT2D eigenvalue weighted by Crippen LogP contribution is 2.38. The molecule has 0 spiro atoms. The van der Waals surface area contributed by atoms with Gasteiger partial charge in [0.15, 0.2) is 5.75 Å². The molecular weight excluding hydrogens is 494 g/mol. The van der Waals surface area contributed by atoms with Crippen LogP contribution < -0.4 is 14.2 Å². The van der Waals surface area contributed by atoms with Crippen LogP contribution in [0, 0.1) is 5.82 Å². The van der Waals surface area contributed by atoms with Gasteiger partial charge in [0.05, 0.1) is 11.9 Å². The lowest BCUT2D eigenvalue weighted by atomic mass is 10.1. The average Bonchev–Trinajstić information content (AvgIpc) is 3.04. The first kappa shape index (κ1) is 24.3. The molecule has 33 heavy (non-hydrogen) atoms. The van der Waals surface area contributed by atoms with Crippen molar-refractivity contribution in [3.8, 4) is 11.4 Å². The SMILES string of the molecule is CNC(=O)c1c2cc(OS(=O)(=O)C(F)(F)F)c(NS(C)(=O)=O)cc2cn1-c1ccc(F)cc1. The first-order chi connectivity index (χ1) is 15.1. The van der Waals surface area contributed by atoms with Crippen molar-refractivity contribution in [1.82, 2.24) is 9.88 Å². The van der Waals surface area contributed by atoms with Crippen LogP contribution in [0.15, 0.2) is 42.6 Å². The Morgan fingerprint density at radius 1 is 1.06 bits per heavy atom. The molecule has 0 aliphatic carbocycles. The van der Waals surface area contributed by atoms with E-state index in [-0.39, 0.29) is 22.2 Å². The third-order valence-corrected chi connectivity index (χ3v) is 5.80. The van der Waals surface area contributed by atoms with Crippen molar-refractivity contribution in [2.45, 2.75) is 5.51 Å². The van der Waals surface area contributed by atoms with E-state index < -0.39 is 48.8 Å². The Kier molecular flexibility index (Phi) is 6.06. The number of anilines is 1. The van der Waals surface area contributed by atoms with Gasteiger partial charge in [0, 0.05) is 29.7 Å². The first-order valence-electron chi connectivity index (χ1n) is 8.78. The zero-order valence-electron chi connectivity index (χ0n) is 16.8. The van der Waals surface area contributed by atoms with E-state index in [2.05, 4.69) is 9.50 Å². The van der Waals surface area contributed by atoms with Crippen LogP contribution in [-0.2, 0) is 20.1 Å². The van der Waals surface area contributed by atoms with Crippen molar-refractivity contribution >= 4 is 42.5 Å². The molecule has 0 aliphatic rings. The molecule has 0 radical (unpaired) electrons. The maximum atomic E-state index is 13.3. The molecule has 1 heterocycles. The third-order valence-electron chi connectivity index (χ3n) is 4.24. The summed E-state index contributed by atoms with van der Waals surface area (Å²) in [5.74, 6) is -2.29. The number of nitrogens with one attached hydrogen (secondary N) is 2. The number of halogens is 4. The summed E-state index contributed by atoms with van der Waals surface area (Å²) in [5, 5.41) is 2.42. The Morgan fingerprint density at radius 3 is 2.18 bits per heavy atom. The van der Waals surface area contributed by atoms with E-state index >= 15 is 0 Å². The Morgan fingerprint density at radius 2 is 1.67 bits per heavy atom. The minimum atomic E-state index is -6.17. The van der Waals surface area contributed by atoms with E-state index in [4.69, 9.17) is 0 Å². The van der Waals surface area contributed by atoms with E-state index in [9.17, 15) is 39.2 Å². The van der Waals surface area contributed by atoms with Crippen LogP contribution in [0.5, 0.6) is 5.75 Å². The first-order valence-corrected chi connectivity index (χ1v) is 12.1. The number of sulfonamides is 1. The third kappa shape index (κ3) is 5.03. The fourth-order valence-electron chi connectivity index (χ4n) is 2.91. The van der Waals surface area contributed by atoms with Crippen molar-refractivity contribution in [2.75, 3.05) is 18.0 Å². The Balaban J connectivity index is 2.34. The van der Waals surface area contributed by atoms with E-state index in [0.717, 1.165) is 24.3 Å². The molecule has 0 fully saturated rings. The summed E-state index contributed by atoms with van der Waals surface area (Å²) >= 11 is 0. The van der Waals surface area contributed by atoms with Crippen LogP contribution in [0.4, 0.5) is 23.2 Å². The smallest absolute Gasteiger partial charge is 0.374 e. The number of rotatable bonds is 6. The van der Waals surface area contributed by atoms with Gasteiger partial charge >= 0.3 is 15.6 Å². The second-order valence-electron chi connectivity index (χ2n) is 6.70. The van der Waals surface area contributed by atoms with Gasteiger partial charge in [0.25, 0.3) is 5.91 Å². The Hall–Kier alpha value is -3.33. The molecule has 2 aromatic carbocycles. The highest BCUT2D eigenvalue weighted by Gasteiger charge is 2.49. The largest absolute Gasteiger partial charge is 0.534 e. The molecule has 178 valence electrons. The summed E-state index contributed by atoms with van der Waals surface area (Å²) in [4.78, 5) is 12.6. The topological polar surface area (TPSA) is 124 Å². The van der Waals surface area contributed by atoms with Crippen LogP contribution in [0.1, 0.15) is 10.5 Å². The molecule has 0 saturated heterocycles. The molecule has 9 nitrogen and oxygen atoms in total. The molecule has 3 rings (SSSR count). The normalized spacial score (nSPS) is 12.5. The van der Waals surface area contributed by atoms with Gasteiger partial charge in [0.1, 0.15) is 11.5 Å². The van der Waals surface area contributed by atoms with Crippen molar-refractivity contribution < 1.29 is 43.4 Å². The molecular formula is C18H15F4N3O6S2. The molecule has 0 unspecified atom stereocenters. The highest BCUT2D eigenvalue weighted by atomic mass is 32.2. The molecule has 2 N–H and O–H groups in total. The van der Waals surface area contributed by atoms with Crippen LogP contribution in [0.25, 0.3) is 16.5 Å². The van der Waals surface area contributed by atoms with Crippen molar-refractivity contribution in [3.63, 3.8) is 0 Å². The molecule has 1 aromatic heterocycles. The quantitative estimate of drug-likeness (QED) is 0.299. The number of hydrogen-bond donors (Lipinski definition) is 2. The number of carbonyl (C=O) groups is 1. The van der Waals surface area contributed by atoms with E-state index in [1.54, 1.807) is 0 Å².